The molecule has 3 aromatic rings. The van der Waals surface area contributed by atoms with Gasteiger partial charge in [0, 0.05) is 45.0 Å². The normalized spacial score (nSPS) is 14.9. The number of nitrogens with zero attached hydrogens (tertiary/aromatic N) is 4. The van der Waals surface area contributed by atoms with Crippen molar-refractivity contribution in [2.24, 2.45) is 0 Å². The van der Waals surface area contributed by atoms with Gasteiger partial charge in [-0.15, -0.1) is 0 Å². The summed E-state index contributed by atoms with van der Waals surface area (Å²) in [5, 5.41) is 0. The number of hydrogen-bond donors (Lipinski definition) is 0. The Bertz CT molecular complexity index is 1050. The topological polar surface area (TPSA) is 67.2 Å². The van der Waals surface area contributed by atoms with E-state index in [4.69, 9.17) is 4.74 Å². The predicted molar refractivity (Wildman–Crippen MR) is 110 cm³/mol. The lowest BCUT2D eigenvalue weighted by atomic mass is 10.2. The molecule has 0 N–H and O–H groups in total. The molecular weight excluding hydrogens is 368 g/mol. The molecule has 150 valence electrons. The number of ether oxygens (including phenoxy) is 1. The Morgan fingerprint density at radius 3 is 2.59 bits per heavy atom. The molecule has 1 amide bonds. The number of aryl methyl sites for hydroxylation is 1. The van der Waals surface area contributed by atoms with Gasteiger partial charge in [0.1, 0.15) is 11.4 Å². The van der Waals surface area contributed by atoms with Crippen molar-refractivity contribution in [3.05, 3.63) is 76.3 Å². The fourth-order valence-corrected chi connectivity index (χ4v) is 3.44. The second kappa shape index (κ2) is 8.45. The third-order valence-corrected chi connectivity index (χ3v) is 5.12. The molecule has 2 aromatic heterocycles. The van der Waals surface area contributed by atoms with Gasteiger partial charge in [-0.3, -0.25) is 18.9 Å². The minimum absolute atomic E-state index is 0.00713. The molecular formula is C22H24N4O3. The maximum Gasteiger partial charge on any atom is 0.260 e. The predicted octanol–water partition coefficient (Wildman–Crippen LogP) is 1.73. The van der Waals surface area contributed by atoms with Crippen molar-refractivity contribution in [3.8, 4) is 5.75 Å². The molecule has 0 spiro atoms. The van der Waals surface area contributed by atoms with Crippen LogP contribution in [0.25, 0.3) is 5.65 Å². The molecule has 29 heavy (non-hydrogen) atoms. The van der Waals surface area contributed by atoms with E-state index in [0.717, 1.165) is 24.3 Å². The molecule has 1 aromatic carbocycles. The molecule has 0 bridgehead atoms. The summed E-state index contributed by atoms with van der Waals surface area (Å²) in [6, 6.07) is 14.8. The van der Waals surface area contributed by atoms with Gasteiger partial charge >= 0.3 is 0 Å². The molecule has 1 fully saturated rings. The Balaban J connectivity index is 1.29. The lowest BCUT2D eigenvalue weighted by Crippen LogP contribution is -2.49. The van der Waals surface area contributed by atoms with Crippen molar-refractivity contribution in [1.82, 2.24) is 19.2 Å². The average Bonchev–Trinajstić information content (AvgIpc) is 2.74. The number of rotatable bonds is 5. The standard InChI is InChI=1S/C22H24N4O3/c1-17-5-7-19(8-6-17)29-16-22(28)25-12-10-24(11-13-25)15-18-14-21(27)26-9-3-2-4-20(26)23-18/h2-9,14H,10-13,15-16H2,1H3. The number of piperazine rings is 1. The van der Waals surface area contributed by atoms with Crippen molar-refractivity contribution in [2.45, 2.75) is 13.5 Å². The van der Waals surface area contributed by atoms with Crippen LogP contribution in [-0.4, -0.2) is 57.9 Å². The third kappa shape index (κ3) is 4.63. The highest BCUT2D eigenvalue weighted by molar-refractivity contribution is 5.77. The molecule has 3 heterocycles. The zero-order chi connectivity index (χ0) is 20.2. The Morgan fingerprint density at radius 2 is 1.83 bits per heavy atom. The van der Waals surface area contributed by atoms with Crippen LogP contribution in [0.15, 0.2) is 59.5 Å². The van der Waals surface area contributed by atoms with Gasteiger partial charge in [0.25, 0.3) is 11.5 Å². The van der Waals surface area contributed by atoms with Crippen molar-refractivity contribution in [2.75, 3.05) is 32.8 Å². The molecule has 0 aliphatic carbocycles. The number of carbonyl (C=O) groups excluding carboxylic acids is 1. The first-order valence-corrected chi connectivity index (χ1v) is 9.75. The van der Waals surface area contributed by atoms with Crippen LogP contribution in [0.2, 0.25) is 0 Å². The number of carbonyl (C=O) groups is 1. The number of pyridine rings is 1. The second-order valence-corrected chi connectivity index (χ2v) is 7.27. The van der Waals surface area contributed by atoms with Crippen LogP contribution in [-0.2, 0) is 11.3 Å². The summed E-state index contributed by atoms with van der Waals surface area (Å²) >= 11 is 0. The van der Waals surface area contributed by atoms with E-state index in [-0.39, 0.29) is 18.1 Å². The molecule has 1 saturated heterocycles. The fourth-order valence-electron chi connectivity index (χ4n) is 3.44. The highest BCUT2D eigenvalue weighted by Crippen LogP contribution is 2.12. The van der Waals surface area contributed by atoms with Gasteiger partial charge in [-0.2, -0.15) is 0 Å². The minimum atomic E-state index is -0.0762. The number of hydrogen-bond acceptors (Lipinski definition) is 5. The van der Waals surface area contributed by atoms with Crippen LogP contribution in [0.5, 0.6) is 5.75 Å². The van der Waals surface area contributed by atoms with E-state index in [9.17, 15) is 9.59 Å². The first-order valence-electron chi connectivity index (χ1n) is 9.75. The summed E-state index contributed by atoms with van der Waals surface area (Å²) < 4.78 is 7.14. The van der Waals surface area contributed by atoms with Crippen molar-refractivity contribution >= 4 is 11.6 Å². The molecule has 1 aliphatic heterocycles. The monoisotopic (exact) mass is 392 g/mol. The number of aromatic nitrogens is 2. The third-order valence-electron chi connectivity index (χ3n) is 5.12. The molecule has 7 nitrogen and oxygen atoms in total. The largest absolute Gasteiger partial charge is 0.484 e. The molecule has 4 rings (SSSR count). The zero-order valence-corrected chi connectivity index (χ0v) is 16.5. The average molecular weight is 392 g/mol. The maximum absolute atomic E-state index is 12.4. The fraction of sp³-hybridized carbons (Fsp3) is 0.318. The van der Waals surface area contributed by atoms with Gasteiger partial charge in [-0.05, 0) is 31.2 Å². The molecule has 0 atom stereocenters. The minimum Gasteiger partial charge on any atom is -0.484 e. The van der Waals surface area contributed by atoms with E-state index in [0.29, 0.717) is 31.0 Å². The first kappa shape index (κ1) is 19.1. The number of fused-ring (bicyclic) bond motifs is 1. The Labute approximate surface area is 169 Å². The van der Waals surface area contributed by atoms with Crippen LogP contribution in [0.4, 0.5) is 0 Å². The number of amides is 1. The smallest absolute Gasteiger partial charge is 0.260 e. The van der Waals surface area contributed by atoms with Crippen LogP contribution >= 0.6 is 0 Å². The van der Waals surface area contributed by atoms with E-state index in [2.05, 4.69) is 9.88 Å². The molecule has 1 aliphatic rings. The van der Waals surface area contributed by atoms with Crippen molar-refractivity contribution in [3.63, 3.8) is 0 Å². The van der Waals surface area contributed by atoms with Crippen molar-refractivity contribution < 1.29 is 9.53 Å². The Kier molecular flexibility index (Phi) is 5.57. The molecule has 0 unspecified atom stereocenters. The SMILES string of the molecule is Cc1ccc(OCC(=O)N2CCN(Cc3cc(=O)n4ccccc4n3)CC2)cc1. The lowest BCUT2D eigenvalue weighted by Gasteiger charge is -2.34. The maximum atomic E-state index is 12.4. The highest BCUT2D eigenvalue weighted by Gasteiger charge is 2.22. The second-order valence-electron chi connectivity index (χ2n) is 7.27. The van der Waals surface area contributed by atoms with Gasteiger partial charge in [0.2, 0.25) is 0 Å². The molecule has 0 radical (unpaired) electrons. The molecule has 7 heteroatoms. The van der Waals surface area contributed by atoms with E-state index >= 15 is 0 Å². The quantitative estimate of drug-likeness (QED) is 0.662. The van der Waals surface area contributed by atoms with E-state index in [1.807, 2.05) is 54.3 Å². The summed E-state index contributed by atoms with van der Waals surface area (Å²) in [7, 11) is 0. The van der Waals surface area contributed by atoms with Gasteiger partial charge < -0.3 is 9.64 Å². The summed E-state index contributed by atoms with van der Waals surface area (Å²) in [6.07, 6.45) is 1.72. The van der Waals surface area contributed by atoms with Crippen LogP contribution in [0.3, 0.4) is 0 Å². The van der Waals surface area contributed by atoms with E-state index < -0.39 is 0 Å². The molecule has 0 saturated carbocycles. The lowest BCUT2D eigenvalue weighted by molar-refractivity contribution is -0.135. The first-order chi connectivity index (χ1) is 14.1. The van der Waals surface area contributed by atoms with Gasteiger partial charge in [-0.25, -0.2) is 4.98 Å². The van der Waals surface area contributed by atoms with Gasteiger partial charge in [0.15, 0.2) is 6.61 Å². The summed E-state index contributed by atoms with van der Waals surface area (Å²) in [5.74, 6) is 0.698. The summed E-state index contributed by atoms with van der Waals surface area (Å²) in [6.45, 7) is 5.43. The number of benzene rings is 1. The Hall–Kier alpha value is -3.19. The van der Waals surface area contributed by atoms with E-state index in [1.165, 1.54) is 4.40 Å². The summed E-state index contributed by atoms with van der Waals surface area (Å²) in [5.41, 5.74) is 2.48. The van der Waals surface area contributed by atoms with Crippen LogP contribution < -0.4 is 10.3 Å². The van der Waals surface area contributed by atoms with Crippen molar-refractivity contribution in [1.29, 1.82) is 0 Å². The van der Waals surface area contributed by atoms with Gasteiger partial charge in [-0.1, -0.05) is 23.8 Å². The van der Waals surface area contributed by atoms with Gasteiger partial charge in [0.05, 0.1) is 5.69 Å². The van der Waals surface area contributed by atoms with E-state index in [1.54, 1.807) is 12.3 Å². The Morgan fingerprint density at radius 1 is 1.07 bits per heavy atom. The highest BCUT2D eigenvalue weighted by atomic mass is 16.5. The van der Waals surface area contributed by atoms with Crippen LogP contribution in [0.1, 0.15) is 11.3 Å². The zero-order valence-electron chi connectivity index (χ0n) is 16.5. The summed E-state index contributed by atoms with van der Waals surface area (Å²) in [4.78, 5) is 33.3. The van der Waals surface area contributed by atoms with Crippen LogP contribution in [0, 0.1) is 6.92 Å².